The summed E-state index contributed by atoms with van der Waals surface area (Å²) in [6.45, 7) is 0. The molecule has 1 N–H and O–H groups in total. The van der Waals surface area contributed by atoms with Crippen molar-refractivity contribution in [2.75, 3.05) is 12.0 Å². The number of hydrogen-bond donors (Lipinski definition) is 1. The van der Waals surface area contributed by atoms with Gasteiger partial charge in [-0.1, -0.05) is 41.9 Å². The SMILES string of the molecule is C[S@](=O)C[C@@H](NC(=O)c1ccc(Cl)cn1)c1ccccc1. The molecule has 1 aromatic carbocycles. The highest BCUT2D eigenvalue weighted by Gasteiger charge is 2.17. The van der Waals surface area contributed by atoms with Gasteiger partial charge in [-0.15, -0.1) is 0 Å². The van der Waals surface area contributed by atoms with Crippen LogP contribution in [0.2, 0.25) is 5.02 Å². The molecule has 0 saturated heterocycles. The lowest BCUT2D eigenvalue weighted by atomic mass is 10.1. The zero-order valence-electron chi connectivity index (χ0n) is 11.5. The summed E-state index contributed by atoms with van der Waals surface area (Å²) in [5.41, 5.74) is 1.19. The number of halogens is 1. The fourth-order valence-electron chi connectivity index (χ4n) is 1.88. The Balaban J connectivity index is 2.17. The summed E-state index contributed by atoms with van der Waals surface area (Å²) in [6, 6.07) is 12.3. The molecule has 0 bridgehead atoms. The van der Waals surface area contributed by atoms with Crippen molar-refractivity contribution in [3.63, 3.8) is 0 Å². The maximum Gasteiger partial charge on any atom is 0.270 e. The van der Waals surface area contributed by atoms with Crippen LogP contribution in [-0.2, 0) is 10.8 Å². The minimum atomic E-state index is -1.03. The van der Waals surface area contributed by atoms with E-state index in [1.54, 1.807) is 18.4 Å². The molecule has 1 amide bonds. The van der Waals surface area contributed by atoms with Crippen LogP contribution in [0.1, 0.15) is 22.1 Å². The molecule has 0 unspecified atom stereocenters. The lowest BCUT2D eigenvalue weighted by Gasteiger charge is -2.18. The van der Waals surface area contributed by atoms with Crippen molar-refractivity contribution in [1.82, 2.24) is 10.3 Å². The second-order valence-electron chi connectivity index (χ2n) is 4.54. The molecule has 0 radical (unpaired) electrons. The molecular formula is C15H15ClN2O2S. The van der Waals surface area contributed by atoms with Gasteiger partial charge in [0.1, 0.15) is 5.69 Å². The highest BCUT2D eigenvalue weighted by atomic mass is 35.5. The third-order valence-electron chi connectivity index (χ3n) is 2.87. The largest absolute Gasteiger partial charge is 0.343 e. The third-order valence-corrected chi connectivity index (χ3v) is 3.89. The zero-order chi connectivity index (χ0) is 15.2. The second-order valence-corrected chi connectivity index (χ2v) is 6.45. The van der Waals surface area contributed by atoms with Gasteiger partial charge >= 0.3 is 0 Å². The van der Waals surface area contributed by atoms with E-state index in [1.165, 1.54) is 6.20 Å². The minimum absolute atomic E-state index is 0.280. The van der Waals surface area contributed by atoms with Crippen molar-refractivity contribution in [3.8, 4) is 0 Å². The molecule has 2 aromatic rings. The number of aromatic nitrogens is 1. The van der Waals surface area contributed by atoms with Crippen molar-refractivity contribution < 1.29 is 9.00 Å². The van der Waals surface area contributed by atoms with Gasteiger partial charge in [-0.3, -0.25) is 9.00 Å². The molecule has 1 heterocycles. The maximum atomic E-state index is 12.2. The van der Waals surface area contributed by atoms with E-state index in [4.69, 9.17) is 11.6 Å². The molecule has 0 fully saturated rings. The monoisotopic (exact) mass is 322 g/mol. The average molecular weight is 323 g/mol. The van der Waals surface area contributed by atoms with Crippen LogP contribution < -0.4 is 5.32 Å². The summed E-state index contributed by atoms with van der Waals surface area (Å²) >= 11 is 5.75. The van der Waals surface area contributed by atoms with Crippen LogP contribution in [-0.4, -0.2) is 27.1 Å². The van der Waals surface area contributed by atoms with Gasteiger partial charge in [0.25, 0.3) is 5.91 Å². The summed E-state index contributed by atoms with van der Waals surface area (Å²) in [5, 5.41) is 3.34. The molecule has 1 aromatic heterocycles. The summed E-state index contributed by atoms with van der Waals surface area (Å²) in [6.07, 6.45) is 3.04. The van der Waals surface area contributed by atoms with Crippen LogP contribution >= 0.6 is 11.6 Å². The Labute approximate surface area is 131 Å². The van der Waals surface area contributed by atoms with E-state index < -0.39 is 10.8 Å². The smallest absolute Gasteiger partial charge is 0.270 e. The lowest BCUT2D eigenvalue weighted by Crippen LogP contribution is -2.32. The van der Waals surface area contributed by atoms with Crippen LogP contribution in [0.15, 0.2) is 48.7 Å². The van der Waals surface area contributed by atoms with Gasteiger partial charge in [-0.2, -0.15) is 0 Å². The van der Waals surface area contributed by atoms with E-state index in [-0.39, 0.29) is 17.6 Å². The molecule has 6 heteroatoms. The first-order chi connectivity index (χ1) is 10.1. The quantitative estimate of drug-likeness (QED) is 0.920. The molecule has 4 nitrogen and oxygen atoms in total. The predicted octanol–water partition coefficient (Wildman–Crippen LogP) is 2.58. The van der Waals surface area contributed by atoms with Crippen molar-refractivity contribution in [2.24, 2.45) is 0 Å². The van der Waals surface area contributed by atoms with Gasteiger partial charge in [-0.25, -0.2) is 4.98 Å². The van der Waals surface area contributed by atoms with E-state index >= 15 is 0 Å². The molecular weight excluding hydrogens is 308 g/mol. The summed E-state index contributed by atoms with van der Waals surface area (Å²) in [7, 11) is -1.03. The van der Waals surface area contributed by atoms with Gasteiger partial charge in [0, 0.05) is 29.0 Å². The van der Waals surface area contributed by atoms with Gasteiger partial charge in [0.2, 0.25) is 0 Å². The number of rotatable bonds is 5. The fourth-order valence-corrected chi connectivity index (χ4v) is 2.74. The number of carbonyl (C=O) groups is 1. The molecule has 0 spiro atoms. The first kappa shape index (κ1) is 15.7. The molecule has 0 aliphatic rings. The molecule has 0 saturated carbocycles. The third kappa shape index (κ3) is 4.65. The van der Waals surface area contributed by atoms with Gasteiger partial charge in [0.05, 0.1) is 11.1 Å². The highest BCUT2D eigenvalue weighted by Crippen LogP contribution is 2.15. The molecule has 110 valence electrons. The van der Waals surface area contributed by atoms with Crippen molar-refractivity contribution >= 4 is 28.3 Å². The number of nitrogens with one attached hydrogen (secondary N) is 1. The van der Waals surface area contributed by atoms with E-state index in [9.17, 15) is 9.00 Å². The molecule has 0 aliphatic heterocycles. The van der Waals surface area contributed by atoms with Crippen LogP contribution in [0.25, 0.3) is 0 Å². The van der Waals surface area contributed by atoms with Crippen LogP contribution in [0.5, 0.6) is 0 Å². The number of amides is 1. The summed E-state index contributed by atoms with van der Waals surface area (Å²) in [5.74, 6) is 0.0366. The summed E-state index contributed by atoms with van der Waals surface area (Å²) < 4.78 is 11.5. The Hall–Kier alpha value is -1.72. The Morgan fingerprint density at radius 1 is 1.29 bits per heavy atom. The van der Waals surface area contributed by atoms with E-state index in [0.717, 1.165) is 5.56 Å². The Kier molecular flexibility index (Phi) is 5.47. The van der Waals surface area contributed by atoms with Gasteiger partial charge in [-0.05, 0) is 17.7 Å². The fraction of sp³-hybridized carbons (Fsp3) is 0.200. The Bertz CT molecular complexity index is 632. The zero-order valence-corrected chi connectivity index (χ0v) is 13.0. The second kappa shape index (κ2) is 7.33. The Morgan fingerprint density at radius 2 is 2.00 bits per heavy atom. The predicted molar refractivity (Wildman–Crippen MR) is 84.8 cm³/mol. The molecule has 2 atom stereocenters. The molecule has 2 rings (SSSR count). The van der Waals surface area contributed by atoms with E-state index in [2.05, 4.69) is 10.3 Å². The van der Waals surface area contributed by atoms with Gasteiger partial charge in [0.15, 0.2) is 0 Å². The van der Waals surface area contributed by atoms with E-state index in [0.29, 0.717) is 10.8 Å². The number of benzene rings is 1. The number of pyridine rings is 1. The standard InChI is InChI=1S/C15H15ClN2O2S/c1-21(20)10-14(11-5-3-2-4-6-11)18-15(19)13-8-7-12(16)9-17-13/h2-9,14H,10H2,1H3,(H,18,19)/t14-,21+/m1/s1. The number of nitrogens with zero attached hydrogens (tertiary/aromatic N) is 1. The number of hydrogen-bond acceptors (Lipinski definition) is 3. The van der Waals surface area contributed by atoms with Gasteiger partial charge < -0.3 is 5.32 Å². The highest BCUT2D eigenvalue weighted by molar-refractivity contribution is 7.84. The first-order valence-electron chi connectivity index (χ1n) is 6.33. The van der Waals surface area contributed by atoms with Crippen molar-refractivity contribution in [3.05, 3.63) is 64.9 Å². The summed E-state index contributed by atoms with van der Waals surface area (Å²) in [4.78, 5) is 16.2. The normalized spacial score (nSPS) is 13.4. The number of carbonyl (C=O) groups excluding carboxylic acids is 1. The van der Waals surface area contributed by atoms with Crippen LogP contribution in [0.3, 0.4) is 0 Å². The first-order valence-corrected chi connectivity index (χ1v) is 8.44. The van der Waals surface area contributed by atoms with E-state index in [1.807, 2.05) is 30.3 Å². The minimum Gasteiger partial charge on any atom is -0.343 e. The topological polar surface area (TPSA) is 59.1 Å². The molecule has 21 heavy (non-hydrogen) atoms. The van der Waals surface area contributed by atoms with Crippen molar-refractivity contribution in [2.45, 2.75) is 6.04 Å². The molecule has 0 aliphatic carbocycles. The van der Waals surface area contributed by atoms with Crippen molar-refractivity contribution in [1.29, 1.82) is 0 Å². The van der Waals surface area contributed by atoms with Crippen LogP contribution in [0.4, 0.5) is 0 Å². The Morgan fingerprint density at radius 3 is 2.57 bits per heavy atom. The van der Waals surface area contributed by atoms with Crippen LogP contribution in [0, 0.1) is 0 Å². The maximum absolute atomic E-state index is 12.2. The lowest BCUT2D eigenvalue weighted by molar-refractivity contribution is 0.0935. The average Bonchev–Trinajstić information content (AvgIpc) is 2.47.